The molecule has 0 bridgehead atoms. The molecule has 0 aliphatic rings. The fourth-order valence-electron chi connectivity index (χ4n) is 2.19. The number of hydrogen-bond donors (Lipinski definition) is 1. The Labute approximate surface area is 149 Å². The van der Waals surface area contributed by atoms with Crippen LogP contribution in [0.15, 0.2) is 64.0 Å². The first-order valence-corrected chi connectivity index (χ1v) is 8.01. The van der Waals surface area contributed by atoms with Gasteiger partial charge in [-0.25, -0.2) is 0 Å². The van der Waals surface area contributed by atoms with Crippen molar-refractivity contribution in [2.45, 2.75) is 13.8 Å². The van der Waals surface area contributed by atoms with E-state index >= 15 is 0 Å². The molecule has 0 aliphatic carbocycles. The van der Waals surface area contributed by atoms with Crippen LogP contribution >= 0.6 is 0 Å². The van der Waals surface area contributed by atoms with Gasteiger partial charge in [-0.1, -0.05) is 18.2 Å². The van der Waals surface area contributed by atoms with Crippen molar-refractivity contribution in [3.05, 3.63) is 65.0 Å². The molecular weight excluding hydrogens is 336 g/mol. The lowest BCUT2D eigenvalue weighted by atomic mass is 9.95. The molecule has 26 heavy (non-hydrogen) atoms. The summed E-state index contributed by atoms with van der Waals surface area (Å²) in [6.07, 6.45) is 1.25. The smallest absolute Gasteiger partial charge is 0.312 e. The molecule has 0 amide bonds. The third-order valence-corrected chi connectivity index (χ3v) is 3.86. The molecule has 2 aromatic carbocycles. The van der Waals surface area contributed by atoms with Gasteiger partial charge in [-0.15, -0.1) is 0 Å². The van der Waals surface area contributed by atoms with E-state index in [0.29, 0.717) is 22.5 Å². The largest absolute Gasteiger partial charge is 0.492 e. The van der Waals surface area contributed by atoms with Crippen molar-refractivity contribution in [2.75, 3.05) is 6.61 Å². The lowest BCUT2D eigenvalue weighted by Crippen LogP contribution is -2.30. The number of fused-ring (bicyclic) bond motifs is 1. The number of carboxylic acids is 1. The third kappa shape index (κ3) is 3.69. The molecule has 6 heteroatoms. The van der Waals surface area contributed by atoms with Crippen LogP contribution in [0.4, 0.5) is 0 Å². The number of ether oxygens (including phenoxy) is 2. The third-order valence-electron chi connectivity index (χ3n) is 3.86. The molecule has 0 spiro atoms. The number of benzene rings is 2. The van der Waals surface area contributed by atoms with E-state index in [1.54, 1.807) is 56.3 Å². The van der Waals surface area contributed by atoms with Gasteiger partial charge in [0.05, 0.1) is 10.8 Å². The van der Waals surface area contributed by atoms with Gasteiger partial charge in [0, 0.05) is 6.07 Å². The van der Waals surface area contributed by atoms with Gasteiger partial charge in [-0.05, 0) is 38.1 Å². The van der Waals surface area contributed by atoms with E-state index in [4.69, 9.17) is 19.0 Å². The zero-order valence-corrected chi connectivity index (χ0v) is 14.4. The summed E-state index contributed by atoms with van der Waals surface area (Å²) < 4.78 is 16.6. The van der Waals surface area contributed by atoms with Crippen LogP contribution < -0.4 is 14.9 Å². The predicted octanol–water partition coefficient (Wildman–Crippen LogP) is 4.07. The summed E-state index contributed by atoms with van der Waals surface area (Å²) in [5.41, 5.74) is -0.989. The number of para-hydroxylation sites is 1. The van der Waals surface area contributed by atoms with Gasteiger partial charge in [0.1, 0.15) is 30.0 Å². The fourth-order valence-corrected chi connectivity index (χ4v) is 2.19. The Morgan fingerprint density at radius 3 is 2.54 bits per heavy atom. The van der Waals surface area contributed by atoms with E-state index in [1.165, 1.54) is 6.26 Å². The summed E-state index contributed by atoms with van der Waals surface area (Å²) in [5.74, 6) is 0.0959. The fraction of sp³-hybridized carbons (Fsp3) is 0.200. The van der Waals surface area contributed by atoms with Crippen LogP contribution in [0.5, 0.6) is 17.2 Å². The molecule has 1 aromatic heterocycles. The molecule has 3 rings (SSSR count). The van der Waals surface area contributed by atoms with Crippen molar-refractivity contribution in [1.82, 2.24) is 0 Å². The highest BCUT2D eigenvalue weighted by molar-refractivity contribution is 5.79. The molecule has 1 heterocycles. The number of carbonyl (C=O) groups is 1. The highest BCUT2D eigenvalue weighted by atomic mass is 16.5. The molecule has 1 N–H and O–H groups in total. The predicted molar refractivity (Wildman–Crippen MR) is 95.9 cm³/mol. The van der Waals surface area contributed by atoms with Crippen molar-refractivity contribution in [1.29, 1.82) is 0 Å². The van der Waals surface area contributed by atoms with E-state index in [2.05, 4.69) is 0 Å². The van der Waals surface area contributed by atoms with Crippen molar-refractivity contribution in [2.24, 2.45) is 5.41 Å². The Hall–Kier alpha value is -3.28. The zero-order chi connectivity index (χ0) is 18.7. The van der Waals surface area contributed by atoms with E-state index in [9.17, 15) is 9.59 Å². The van der Waals surface area contributed by atoms with E-state index in [-0.39, 0.29) is 17.8 Å². The Morgan fingerprint density at radius 2 is 1.85 bits per heavy atom. The molecule has 0 aliphatic heterocycles. The van der Waals surface area contributed by atoms with Crippen LogP contribution in [-0.4, -0.2) is 17.7 Å². The minimum atomic E-state index is -1.02. The summed E-state index contributed by atoms with van der Waals surface area (Å²) in [7, 11) is 0. The minimum Gasteiger partial charge on any atom is -0.492 e. The molecule has 3 aromatic rings. The molecular formula is C20H18O6. The first-order chi connectivity index (χ1) is 12.4. The second-order valence-electron chi connectivity index (χ2n) is 6.48. The van der Waals surface area contributed by atoms with Crippen LogP contribution in [0.2, 0.25) is 0 Å². The molecule has 6 nitrogen and oxygen atoms in total. The van der Waals surface area contributed by atoms with Gasteiger partial charge in [0.15, 0.2) is 0 Å². The number of hydrogen-bond acceptors (Lipinski definition) is 5. The van der Waals surface area contributed by atoms with Crippen LogP contribution in [0.3, 0.4) is 0 Å². The lowest BCUT2D eigenvalue weighted by Gasteiger charge is -2.19. The van der Waals surface area contributed by atoms with Gasteiger partial charge in [-0.2, -0.15) is 0 Å². The maximum atomic E-state index is 12.5. The van der Waals surface area contributed by atoms with E-state index < -0.39 is 11.4 Å². The lowest BCUT2D eigenvalue weighted by molar-refractivity contribution is -0.148. The Bertz CT molecular complexity index is 988. The van der Waals surface area contributed by atoms with Crippen LogP contribution in [-0.2, 0) is 4.79 Å². The summed E-state index contributed by atoms with van der Waals surface area (Å²) in [6, 6.07) is 13.7. The second-order valence-corrected chi connectivity index (χ2v) is 6.48. The number of carboxylic acid groups (broad SMARTS) is 1. The second kappa shape index (κ2) is 6.92. The van der Waals surface area contributed by atoms with Crippen LogP contribution in [0.1, 0.15) is 13.8 Å². The van der Waals surface area contributed by atoms with Gasteiger partial charge in [0.25, 0.3) is 0 Å². The van der Waals surface area contributed by atoms with Crippen molar-refractivity contribution in [3.63, 3.8) is 0 Å². The topological polar surface area (TPSA) is 86.0 Å². The van der Waals surface area contributed by atoms with Crippen molar-refractivity contribution in [3.8, 4) is 17.2 Å². The minimum absolute atomic E-state index is 0.00667. The normalized spacial score (nSPS) is 11.3. The Kier molecular flexibility index (Phi) is 4.67. The zero-order valence-electron chi connectivity index (χ0n) is 14.4. The van der Waals surface area contributed by atoms with Crippen LogP contribution in [0, 0.1) is 5.41 Å². The Balaban J connectivity index is 1.84. The summed E-state index contributed by atoms with van der Waals surface area (Å²) in [5, 5.41) is 9.48. The quantitative estimate of drug-likeness (QED) is 0.718. The standard InChI is InChI=1S/C20H18O6/c1-20(2,19(22)23)12-25-14-8-9-15-16(10-14)24-11-17(18(15)21)26-13-6-4-3-5-7-13/h3-11H,12H2,1-2H3,(H,22,23). The molecule has 134 valence electrons. The van der Waals surface area contributed by atoms with E-state index in [1.807, 2.05) is 6.07 Å². The summed E-state index contributed by atoms with van der Waals surface area (Å²) in [6.45, 7) is 3.14. The van der Waals surface area contributed by atoms with Gasteiger partial charge in [-0.3, -0.25) is 9.59 Å². The van der Waals surface area contributed by atoms with Gasteiger partial charge >= 0.3 is 5.97 Å². The summed E-state index contributed by atoms with van der Waals surface area (Å²) in [4.78, 5) is 23.7. The van der Waals surface area contributed by atoms with Gasteiger partial charge < -0.3 is 19.0 Å². The van der Waals surface area contributed by atoms with E-state index in [0.717, 1.165) is 0 Å². The highest BCUT2D eigenvalue weighted by Gasteiger charge is 2.28. The molecule has 0 atom stereocenters. The maximum Gasteiger partial charge on any atom is 0.312 e. The highest BCUT2D eigenvalue weighted by Crippen LogP contribution is 2.25. The van der Waals surface area contributed by atoms with Crippen molar-refractivity contribution >= 4 is 16.9 Å². The first kappa shape index (κ1) is 17.5. The number of rotatable bonds is 6. The SMILES string of the molecule is CC(C)(COc1ccc2c(=O)c(Oc3ccccc3)coc2c1)C(=O)O. The first-order valence-electron chi connectivity index (χ1n) is 8.01. The molecule has 0 saturated heterocycles. The Morgan fingerprint density at radius 1 is 1.12 bits per heavy atom. The van der Waals surface area contributed by atoms with Gasteiger partial charge in [0.2, 0.25) is 11.2 Å². The summed E-state index contributed by atoms with van der Waals surface area (Å²) >= 11 is 0. The molecule has 0 fully saturated rings. The van der Waals surface area contributed by atoms with Crippen molar-refractivity contribution < 1.29 is 23.8 Å². The monoisotopic (exact) mass is 354 g/mol. The van der Waals surface area contributed by atoms with Crippen LogP contribution in [0.25, 0.3) is 11.0 Å². The average Bonchev–Trinajstić information content (AvgIpc) is 2.63. The molecule has 0 unspecified atom stereocenters. The molecule has 0 radical (unpaired) electrons. The maximum absolute atomic E-state index is 12.5. The molecule has 0 saturated carbocycles. The number of aliphatic carboxylic acids is 1. The average molecular weight is 354 g/mol.